The van der Waals surface area contributed by atoms with Crippen molar-refractivity contribution in [1.82, 2.24) is 14.8 Å². The Balaban J connectivity index is 2.33. The third-order valence-corrected chi connectivity index (χ3v) is 1.72. The van der Waals surface area contributed by atoms with E-state index in [0.29, 0.717) is 0 Å². The van der Waals surface area contributed by atoms with Crippen LogP contribution >= 0.6 is 0 Å². The summed E-state index contributed by atoms with van der Waals surface area (Å²) in [6.45, 7) is 0. The number of hydrazine groups is 1. The van der Waals surface area contributed by atoms with Gasteiger partial charge in [-0.2, -0.15) is 5.10 Å². The number of nitrogens with zero attached hydrogens (tertiary/aromatic N) is 3. The second-order valence-corrected chi connectivity index (χ2v) is 2.53. The third-order valence-electron chi connectivity index (χ3n) is 1.72. The van der Waals surface area contributed by atoms with Crippen LogP contribution in [-0.4, -0.2) is 14.8 Å². The number of hydrogen-bond acceptors (Lipinski definition) is 4. The maximum atomic E-state index is 5.23. The molecule has 0 fully saturated rings. The van der Waals surface area contributed by atoms with Crippen LogP contribution in [0.15, 0.2) is 36.9 Å². The molecule has 1 aromatic heterocycles. The van der Waals surface area contributed by atoms with Gasteiger partial charge in [0.25, 0.3) is 0 Å². The van der Waals surface area contributed by atoms with Crippen LogP contribution in [0.25, 0.3) is 5.69 Å². The first kappa shape index (κ1) is 7.75. The van der Waals surface area contributed by atoms with Crippen LogP contribution in [0.3, 0.4) is 0 Å². The molecule has 0 bridgehead atoms. The van der Waals surface area contributed by atoms with Crippen LogP contribution in [0.4, 0.5) is 5.69 Å². The summed E-state index contributed by atoms with van der Waals surface area (Å²) in [5.74, 6) is 5.23. The van der Waals surface area contributed by atoms with Crippen molar-refractivity contribution in [3.05, 3.63) is 36.9 Å². The van der Waals surface area contributed by atoms with Gasteiger partial charge in [0.2, 0.25) is 0 Å². The minimum atomic E-state index is 0.865. The first-order valence-electron chi connectivity index (χ1n) is 3.82. The summed E-state index contributed by atoms with van der Waals surface area (Å²) >= 11 is 0. The lowest BCUT2D eigenvalue weighted by Crippen LogP contribution is -2.06. The van der Waals surface area contributed by atoms with Crippen LogP contribution in [0, 0.1) is 0 Å². The maximum Gasteiger partial charge on any atom is 0.138 e. The van der Waals surface area contributed by atoms with Crippen LogP contribution < -0.4 is 11.3 Å². The predicted octanol–water partition coefficient (Wildman–Crippen LogP) is 0.553. The zero-order chi connectivity index (χ0) is 9.10. The largest absolute Gasteiger partial charge is 0.324 e. The van der Waals surface area contributed by atoms with Gasteiger partial charge in [0.15, 0.2) is 0 Å². The molecule has 0 saturated heterocycles. The van der Waals surface area contributed by atoms with Crippen molar-refractivity contribution < 1.29 is 0 Å². The van der Waals surface area contributed by atoms with E-state index >= 15 is 0 Å². The second kappa shape index (κ2) is 3.24. The molecule has 0 spiro atoms. The van der Waals surface area contributed by atoms with E-state index in [1.165, 1.54) is 6.33 Å². The molecule has 0 aliphatic heterocycles. The molecule has 2 rings (SSSR count). The van der Waals surface area contributed by atoms with E-state index in [2.05, 4.69) is 15.5 Å². The molecule has 13 heavy (non-hydrogen) atoms. The second-order valence-electron chi connectivity index (χ2n) is 2.53. The molecule has 0 aliphatic carbocycles. The van der Waals surface area contributed by atoms with E-state index in [1.54, 1.807) is 11.0 Å². The van der Waals surface area contributed by atoms with Crippen LogP contribution in [-0.2, 0) is 0 Å². The number of benzene rings is 1. The maximum absolute atomic E-state index is 5.23. The van der Waals surface area contributed by atoms with Gasteiger partial charge in [-0.3, -0.25) is 5.84 Å². The molecule has 3 N–H and O–H groups in total. The highest BCUT2D eigenvalue weighted by Gasteiger charge is 1.95. The van der Waals surface area contributed by atoms with E-state index < -0.39 is 0 Å². The Hall–Kier alpha value is -1.88. The lowest BCUT2D eigenvalue weighted by molar-refractivity contribution is 0.879. The Kier molecular flexibility index (Phi) is 1.93. The van der Waals surface area contributed by atoms with Gasteiger partial charge in [-0.05, 0) is 24.3 Å². The van der Waals surface area contributed by atoms with Gasteiger partial charge in [-0.1, -0.05) is 0 Å². The molecule has 2 aromatic rings. The van der Waals surface area contributed by atoms with Gasteiger partial charge in [0.05, 0.1) is 5.69 Å². The lowest BCUT2D eigenvalue weighted by atomic mass is 10.3. The van der Waals surface area contributed by atoms with Crippen molar-refractivity contribution >= 4 is 5.69 Å². The van der Waals surface area contributed by atoms with Crippen molar-refractivity contribution in [1.29, 1.82) is 0 Å². The lowest BCUT2D eigenvalue weighted by Gasteiger charge is -2.02. The van der Waals surface area contributed by atoms with Crippen LogP contribution in [0.1, 0.15) is 0 Å². The molecule has 5 nitrogen and oxygen atoms in total. The number of hydrogen-bond donors (Lipinski definition) is 2. The van der Waals surface area contributed by atoms with Gasteiger partial charge in [0, 0.05) is 5.69 Å². The number of anilines is 1. The predicted molar refractivity (Wildman–Crippen MR) is 49.2 cm³/mol. The smallest absolute Gasteiger partial charge is 0.138 e. The van der Waals surface area contributed by atoms with E-state index in [4.69, 9.17) is 5.84 Å². The molecule has 66 valence electrons. The summed E-state index contributed by atoms with van der Waals surface area (Å²) in [6.07, 6.45) is 3.14. The summed E-state index contributed by atoms with van der Waals surface area (Å²) in [4.78, 5) is 3.85. The Morgan fingerprint density at radius 3 is 2.54 bits per heavy atom. The highest BCUT2D eigenvalue weighted by molar-refractivity contribution is 5.47. The first-order chi connectivity index (χ1) is 6.40. The summed E-state index contributed by atoms with van der Waals surface area (Å²) < 4.78 is 1.68. The molecule has 0 atom stereocenters. The number of aromatic nitrogens is 3. The molecule has 5 heteroatoms. The van der Waals surface area contributed by atoms with E-state index in [-0.39, 0.29) is 0 Å². The molecule has 0 amide bonds. The average molecular weight is 175 g/mol. The molecule has 0 aliphatic rings. The van der Waals surface area contributed by atoms with Crippen molar-refractivity contribution in [3.63, 3.8) is 0 Å². The summed E-state index contributed by atoms with van der Waals surface area (Å²) in [7, 11) is 0. The fourth-order valence-corrected chi connectivity index (χ4v) is 1.05. The molecular formula is C8H9N5. The zero-order valence-corrected chi connectivity index (χ0v) is 6.88. The summed E-state index contributed by atoms with van der Waals surface area (Å²) in [5.41, 5.74) is 4.37. The van der Waals surface area contributed by atoms with E-state index in [1.807, 2.05) is 24.3 Å². The highest BCUT2D eigenvalue weighted by atomic mass is 15.3. The first-order valence-corrected chi connectivity index (χ1v) is 3.82. The van der Waals surface area contributed by atoms with Crippen molar-refractivity contribution in [3.8, 4) is 5.69 Å². The standard InChI is InChI=1S/C8H9N5/c9-12-7-1-3-8(4-2-7)13-6-10-5-11-13/h1-6,12H,9H2. The average Bonchev–Trinajstić information content (AvgIpc) is 2.71. The SMILES string of the molecule is NNc1ccc(-n2cncn2)cc1. The third kappa shape index (κ3) is 1.50. The number of rotatable bonds is 2. The quantitative estimate of drug-likeness (QED) is 0.516. The Morgan fingerprint density at radius 1 is 1.23 bits per heavy atom. The molecule has 1 aromatic carbocycles. The molecule has 0 saturated carbocycles. The summed E-state index contributed by atoms with van der Waals surface area (Å²) in [5, 5.41) is 4.00. The van der Waals surface area contributed by atoms with Crippen molar-refractivity contribution in [2.24, 2.45) is 5.84 Å². The Morgan fingerprint density at radius 2 is 2.00 bits per heavy atom. The molecule has 0 unspecified atom stereocenters. The minimum Gasteiger partial charge on any atom is -0.324 e. The fourth-order valence-electron chi connectivity index (χ4n) is 1.05. The summed E-state index contributed by atoms with van der Waals surface area (Å²) in [6, 6.07) is 7.56. The van der Waals surface area contributed by atoms with Gasteiger partial charge in [0.1, 0.15) is 12.7 Å². The van der Waals surface area contributed by atoms with E-state index in [0.717, 1.165) is 11.4 Å². The molecular weight excluding hydrogens is 166 g/mol. The topological polar surface area (TPSA) is 68.8 Å². The van der Waals surface area contributed by atoms with Crippen molar-refractivity contribution in [2.75, 3.05) is 5.43 Å². The molecule has 1 heterocycles. The Labute approximate surface area is 75.2 Å². The van der Waals surface area contributed by atoms with Gasteiger partial charge in [-0.15, -0.1) is 0 Å². The minimum absolute atomic E-state index is 0.865. The van der Waals surface area contributed by atoms with Crippen LogP contribution in [0.2, 0.25) is 0 Å². The monoisotopic (exact) mass is 175 g/mol. The van der Waals surface area contributed by atoms with Gasteiger partial charge >= 0.3 is 0 Å². The van der Waals surface area contributed by atoms with E-state index in [9.17, 15) is 0 Å². The Bertz CT molecular complexity index is 364. The number of nitrogens with two attached hydrogens (primary N) is 1. The molecule has 0 radical (unpaired) electrons. The van der Waals surface area contributed by atoms with Gasteiger partial charge < -0.3 is 5.43 Å². The zero-order valence-electron chi connectivity index (χ0n) is 6.88. The van der Waals surface area contributed by atoms with Crippen molar-refractivity contribution in [2.45, 2.75) is 0 Å². The number of nitrogens with one attached hydrogen (secondary N) is 1. The number of nitrogen functional groups attached to an aromatic ring is 1. The fraction of sp³-hybridized carbons (Fsp3) is 0. The van der Waals surface area contributed by atoms with Gasteiger partial charge in [-0.25, -0.2) is 9.67 Å². The normalized spacial score (nSPS) is 9.92. The van der Waals surface area contributed by atoms with Crippen LogP contribution in [0.5, 0.6) is 0 Å². The highest BCUT2D eigenvalue weighted by Crippen LogP contribution is 2.10.